The first-order valence-corrected chi connectivity index (χ1v) is 21.4. The molecule has 0 aliphatic heterocycles. The topological polar surface area (TPSA) is 40.6 Å². The summed E-state index contributed by atoms with van der Waals surface area (Å²) < 4.78 is 6.99. The third-order valence-corrected chi connectivity index (χ3v) is 12.6. The first-order valence-electron chi connectivity index (χ1n) is 21.4. The summed E-state index contributed by atoms with van der Waals surface area (Å²) in [4.78, 5) is 10.6. The molecule has 0 bridgehead atoms. The van der Waals surface area contributed by atoms with E-state index >= 15 is 0 Å². The largest absolute Gasteiger partial charge is 0.309 e. The minimum Gasteiger partial charge on any atom is -0.309 e. The molecular formula is C58H37N5. The smallest absolute Gasteiger partial charge is 0.145 e. The van der Waals surface area contributed by atoms with E-state index in [1.807, 2.05) is 0 Å². The van der Waals surface area contributed by atoms with Gasteiger partial charge in [0.15, 0.2) is 0 Å². The lowest BCUT2D eigenvalue weighted by Crippen LogP contribution is -1.97. The van der Waals surface area contributed by atoms with E-state index in [1.54, 1.807) is 0 Å². The molecule has 0 unspecified atom stereocenters. The molecule has 5 nitrogen and oxygen atoms in total. The Labute approximate surface area is 363 Å². The van der Waals surface area contributed by atoms with Gasteiger partial charge in [-0.2, -0.15) is 0 Å². The van der Waals surface area contributed by atoms with Crippen LogP contribution in [-0.2, 0) is 0 Å². The molecule has 5 heteroatoms. The molecule has 0 atom stereocenters. The Morgan fingerprint density at radius 1 is 0.254 bits per heavy atom. The molecule has 0 fully saturated rings. The maximum Gasteiger partial charge on any atom is 0.145 e. The Balaban J connectivity index is 0.996. The van der Waals surface area contributed by atoms with Gasteiger partial charge in [0.05, 0.1) is 33.1 Å². The molecule has 0 saturated heterocycles. The Bertz CT molecular complexity index is 3580. The normalized spacial score (nSPS) is 11.8. The summed E-state index contributed by atoms with van der Waals surface area (Å²) in [6, 6.07) is 80.2. The monoisotopic (exact) mass is 803 g/mol. The minimum absolute atomic E-state index is 0.926. The lowest BCUT2D eigenvalue weighted by Gasteiger charge is -2.11. The maximum atomic E-state index is 5.29. The van der Waals surface area contributed by atoms with Gasteiger partial charge in [0.1, 0.15) is 11.6 Å². The second-order valence-corrected chi connectivity index (χ2v) is 16.3. The van der Waals surface area contributed by atoms with Crippen molar-refractivity contribution in [3.63, 3.8) is 0 Å². The van der Waals surface area contributed by atoms with Crippen molar-refractivity contribution in [2.75, 3.05) is 0 Å². The van der Waals surface area contributed by atoms with Crippen LogP contribution in [0.5, 0.6) is 0 Å². The second kappa shape index (κ2) is 14.0. The van der Waals surface area contributed by atoms with Gasteiger partial charge in [-0.25, -0.2) is 9.97 Å². The SMILES string of the molecule is c1ccc(-c2nc3cc(-c4cc5ccc6cc(-c7ccc8c(c7)nc(-c7ccccc7)n8-c7ccccc7)cc7c6c5c(c4)n7-c4ccccc4)ccc3n2-c2ccccc2)cc1. The molecule has 0 amide bonds. The molecule has 0 radical (unpaired) electrons. The van der Waals surface area contributed by atoms with Gasteiger partial charge < -0.3 is 4.57 Å². The van der Waals surface area contributed by atoms with Crippen LogP contribution in [0.2, 0.25) is 0 Å². The van der Waals surface area contributed by atoms with Gasteiger partial charge in [-0.05, 0) is 118 Å². The van der Waals surface area contributed by atoms with Crippen molar-refractivity contribution in [1.29, 1.82) is 0 Å². The summed E-state index contributed by atoms with van der Waals surface area (Å²) in [6.45, 7) is 0. The van der Waals surface area contributed by atoms with E-state index < -0.39 is 0 Å². The van der Waals surface area contributed by atoms with Gasteiger partial charge in [0, 0.05) is 39.0 Å². The second-order valence-electron chi connectivity index (χ2n) is 16.3. The predicted molar refractivity (Wildman–Crippen MR) is 260 cm³/mol. The summed E-state index contributed by atoms with van der Waals surface area (Å²) in [5, 5.41) is 4.96. The summed E-state index contributed by atoms with van der Waals surface area (Å²) in [7, 11) is 0. The fraction of sp³-hybridized carbons (Fsp3) is 0. The van der Waals surface area contributed by atoms with Crippen molar-refractivity contribution in [2.45, 2.75) is 0 Å². The van der Waals surface area contributed by atoms with Gasteiger partial charge in [0.25, 0.3) is 0 Å². The minimum atomic E-state index is 0.926. The summed E-state index contributed by atoms with van der Waals surface area (Å²) >= 11 is 0. The fourth-order valence-electron chi connectivity index (χ4n) is 9.71. The van der Waals surface area contributed by atoms with Crippen LogP contribution in [0, 0.1) is 0 Å². The molecule has 0 saturated carbocycles. The van der Waals surface area contributed by atoms with E-state index in [0.717, 1.165) is 84.2 Å². The Kier molecular flexibility index (Phi) is 7.84. The average molecular weight is 804 g/mol. The first-order chi connectivity index (χ1) is 31.2. The highest BCUT2D eigenvalue weighted by atomic mass is 15.1. The average Bonchev–Trinajstić information content (AvgIpc) is 4.04. The maximum absolute atomic E-state index is 5.29. The van der Waals surface area contributed by atoms with E-state index in [9.17, 15) is 0 Å². The Morgan fingerprint density at radius 2 is 0.619 bits per heavy atom. The van der Waals surface area contributed by atoms with Crippen LogP contribution in [0.4, 0.5) is 0 Å². The number of hydrogen-bond donors (Lipinski definition) is 0. The Morgan fingerprint density at radius 3 is 1.02 bits per heavy atom. The van der Waals surface area contributed by atoms with Crippen LogP contribution < -0.4 is 0 Å². The first kappa shape index (κ1) is 35.2. The predicted octanol–water partition coefficient (Wildman–Crippen LogP) is 14.7. The zero-order chi connectivity index (χ0) is 41.4. The molecule has 0 aliphatic rings. The molecule has 13 aromatic rings. The highest BCUT2D eigenvalue weighted by Gasteiger charge is 2.22. The number of benzene rings is 10. The fourth-order valence-corrected chi connectivity index (χ4v) is 9.71. The number of nitrogens with zero attached hydrogens (tertiary/aromatic N) is 5. The summed E-state index contributed by atoms with van der Waals surface area (Å²) in [5.74, 6) is 1.85. The van der Waals surface area contributed by atoms with Gasteiger partial charge in [-0.1, -0.05) is 140 Å². The highest BCUT2D eigenvalue weighted by molar-refractivity contribution is 6.26. The van der Waals surface area contributed by atoms with Crippen molar-refractivity contribution in [3.05, 3.63) is 224 Å². The lowest BCUT2D eigenvalue weighted by molar-refractivity contribution is 1.10. The van der Waals surface area contributed by atoms with E-state index in [1.165, 1.54) is 32.6 Å². The highest BCUT2D eigenvalue weighted by Crippen LogP contribution is 2.44. The molecule has 13 rings (SSSR count). The van der Waals surface area contributed by atoms with Crippen LogP contribution in [0.3, 0.4) is 0 Å². The standard InChI is InChI=1S/C58H37N5/c1-6-16-38(17-7-1)57-59-49-34-40(28-30-51(49)62(57)47-22-12-4-13-23-47)44-32-42-26-27-43-33-45(37-54-56(43)55(42)53(36-44)61(54)46-20-10-3-11-21-46)41-29-31-52-50(35-41)60-58(39-18-8-2-9-19-39)63(52)48-24-14-5-15-25-48/h1-37H. The van der Waals surface area contributed by atoms with Crippen LogP contribution in [0.25, 0.3) is 117 Å². The van der Waals surface area contributed by atoms with Crippen molar-refractivity contribution < 1.29 is 0 Å². The number of fused-ring (bicyclic) bond motifs is 2. The van der Waals surface area contributed by atoms with Gasteiger partial charge in [0.2, 0.25) is 0 Å². The third kappa shape index (κ3) is 5.64. The molecule has 63 heavy (non-hydrogen) atoms. The third-order valence-electron chi connectivity index (χ3n) is 12.6. The molecule has 0 aliphatic carbocycles. The molecule has 294 valence electrons. The number of hydrogen-bond acceptors (Lipinski definition) is 2. The zero-order valence-electron chi connectivity index (χ0n) is 34.1. The van der Waals surface area contributed by atoms with Crippen LogP contribution in [-0.4, -0.2) is 23.7 Å². The molecular weight excluding hydrogens is 767 g/mol. The summed E-state index contributed by atoms with van der Waals surface area (Å²) in [6.07, 6.45) is 0. The van der Waals surface area contributed by atoms with Crippen LogP contribution in [0.15, 0.2) is 224 Å². The molecule has 3 aromatic heterocycles. The quantitative estimate of drug-likeness (QED) is 0.151. The van der Waals surface area contributed by atoms with Gasteiger partial charge in [-0.3, -0.25) is 9.13 Å². The van der Waals surface area contributed by atoms with Crippen molar-refractivity contribution in [2.24, 2.45) is 0 Å². The zero-order valence-corrected chi connectivity index (χ0v) is 34.1. The Hall–Kier alpha value is -8.54. The molecule has 10 aromatic carbocycles. The molecule has 3 heterocycles. The van der Waals surface area contributed by atoms with E-state index in [0.29, 0.717) is 0 Å². The van der Waals surface area contributed by atoms with E-state index in [-0.39, 0.29) is 0 Å². The van der Waals surface area contributed by atoms with Crippen molar-refractivity contribution >= 4 is 54.6 Å². The molecule has 0 N–H and O–H groups in total. The van der Waals surface area contributed by atoms with Crippen molar-refractivity contribution in [1.82, 2.24) is 23.7 Å². The lowest BCUT2D eigenvalue weighted by atomic mass is 9.95. The number of imidazole rings is 2. The van der Waals surface area contributed by atoms with E-state index in [2.05, 4.69) is 238 Å². The number of aromatic nitrogens is 5. The molecule has 0 spiro atoms. The van der Waals surface area contributed by atoms with Crippen LogP contribution >= 0.6 is 0 Å². The van der Waals surface area contributed by atoms with E-state index in [4.69, 9.17) is 9.97 Å². The van der Waals surface area contributed by atoms with Gasteiger partial charge in [-0.15, -0.1) is 0 Å². The summed E-state index contributed by atoms with van der Waals surface area (Å²) in [5.41, 5.74) is 16.4. The number of para-hydroxylation sites is 3. The van der Waals surface area contributed by atoms with Gasteiger partial charge >= 0.3 is 0 Å². The number of rotatable bonds is 7. The van der Waals surface area contributed by atoms with Crippen LogP contribution in [0.1, 0.15) is 0 Å². The van der Waals surface area contributed by atoms with Crippen molar-refractivity contribution in [3.8, 4) is 62.1 Å².